The molecule has 4 aromatic rings. The number of hydrogen-bond donors (Lipinski definition) is 2. The van der Waals surface area contributed by atoms with Crippen molar-refractivity contribution in [1.29, 1.82) is 0 Å². The second-order valence-electron chi connectivity index (χ2n) is 9.38. The highest BCUT2D eigenvalue weighted by Gasteiger charge is 2.24. The van der Waals surface area contributed by atoms with E-state index >= 15 is 0 Å². The minimum atomic E-state index is -0.174. The van der Waals surface area contributed by atoms with Crippen LogP contribution >= 0.6 is 0 Å². The maximum absolute atomic E-state index is 13.4. The smallest absolute Gasteiger partial charge is 0.274 e. The zero-order valence-corrected chi connectivity index (χ0v) is 20.4. The summed E-state index contributed by atoms with van der Waals surface area (Å²) in [7, 11) is 0. The Morgan fingerprint density at radius 2 is 1.74 bits per heavy atom. The molecule has 5 nitrogen and oxygen atoms in total. The van der Waals surface area contributed by atoms with E-state index in [0.29, 0.717) is 5.69 Å². The summed E-state index contributed by atoms with van der Waals surface area (Å²) < 4.78 is 1.73. The third-order valence-corrected chi connectivity index (χ3v) is 6.55. The van der Waals surface area contributed by atoms with Crippen molar-refractivity contribution in [3.8, 4) is 5.69 Å². The lowest BCUT2D eigenvalue weighted by atomic mass is 9.98. The van der Waals surface area contributed by atoms with Gasteiger partial charge in [-0.2, -0.15) is 5.10 Å². The Balaban J connectivity index is 1.40. The van der Waals surface area contributed by atoms with E-state index in [1.807, 2.05) is 43.3 Å². The fraction of sp³-hybridized carbons (Fsp3) is 0.267. The van der Waals surface area contributed by atoms with E-state index < -0.39 is 0 Å². The van der Waals surface area contributed by atoms with Gasteiger partial charge in [0, 0.05) is 5.69 Å². The van der Waals surface area contributed by atoms with Crippen molar-refractivity contribution in [3.05, 3.63) is 113 Å². The van der Waals surface area contributed by atoms with Crippen LogP contribution in [0, 0.1) is 12.8 Å². The number of carbonyl (C=O) groups is 1. The second kappa shape index (κ2) is 10.3. The van der Waals surface area contributed by atoms with E-state index in [1.165, 1.54) is 24.0 Å². The number of nitrogens with one attached hydrogen (secondary N) is 2. The number of benzene rings is 3. The fourth-order valence-corrected chi connectivity index (χ4v) is 4.44. The van der Waals surface area contributed by atoms with Crippen LogP contribution in [0.2, 0.25) is 0 Å². The predicted octanol–water partition coefficient (Wildman–Crippen LogP) is 6.08. The molecule has 178 valence electrons. The van der Waals surface area contributed by atoms with E-state index in [4.69, 9.17) is 0 Å². The monoisotopic (exact) mass is 464 g/mol. The Kier molecular flexibility index (Phi) is 6.77. The van der Waals surface area contributed by atoms with Gasteiger partial charge in [0.15, 0.2) is 0 Å². The summed E-state index contributed by atoms with van der Waals surface area (Å²) >= 11 is 0. The topological polar surface area (TPSA) is 59.0 Å². The number of rotatable bonds is 9. The molecule has 2 N–H and O–H groups in total. The lowest BCUT2D eigenvalue weighted by molar-refractivity contribution is 0.101. The highest BCUT2D eigenvalue weighted by molar-refractivity contribution is 6.03. The standard InChI is InChI=1S/C30H32N4O/c1-3-22-9-7-14-27(18-22)34-28(17-21(2)33-34)30(35)32-26-13-8-12-25(19-26)29(31-20-23-15-16-23)24-10-5-4-6-11-24/h4-14,17-19,23,29,31H,3,15-16,20H2,1-2H3,(H,32,35). The largest absolute Gasteiger partial charge is 0.321 e. The molecule has 1 unspecified atom stereocenters. The SMILES string of the molecule is CCc1cccc(-n2nc(C)cc2C(=O)Nc2cccc(C(NCC3CC3)c3ccccc3)c2)c1. The molecule has 0 radical (unpaired) electrons. The molecule has 0 aliphatic heterocycles. The molecule has 0 saturated heterocycles. The van der Waals surface area contributed by atoms with E-state index in [9.17, 15) is 4.79 Å². The molecular weight excluding hydrogens is 432 g/mol. The van der Waals surface area contributed by atoms with Crippen LogP contribution in [0.3, 0.4) is 0 Å². The second-order valence-corrected chi connectivity index (χ2v) is 9.38. The molecule has 1 aliphatic carbocycles. The Labute approximate surface area is 207 Å². The molecule has 3 aromatic carbocycles. The predicted molar refractivity (Wildman–Crippen MR) is 141 cm³/mol. The first-order valence-electron chi connectivity index (χ1n) is 12.5. The molecule has 35 heavy (non-hydrogen) atoms. The van der Waals surface area contributed by atoms with Crippen LogP contribution in [0.25, 0.3) is 5.69 Å². The summed E-state index contributed by atoms with van der Waals surface area (Å²) in [4.78, 5) is 13.4. The molecule has 1 heterocycles. The highest BCUT2D eigenvalue weighted by Crippen LogP contribution is 2.31. The van der Waals surface area contributed by atoms with Gasteiger partial charge in [0.1, 0.15) is 5.69 Å². The van der Waals surface area contributed by atoms with E-state index in [-0.39, 0.29) is 11.9 Å². The maximum Gasteiger partial charge on any atom is 0.274 e. The first-order chi connectivity index (χ1) is 17.1. The minimum Gasteiger partial charge on any atom is -0.321 e. The van der Waals surface area contributed by atoms with Gasteiger partial charge in [-0.05, 0) is 85.7 Å². The first-order valence-corrected chi connectivity index (χ1v) is 12.5. The van der Waals surface area contributed by atoms with E-state index in [0.717, 1.165) is 41.5 Å². The number of hydrogen-bond acceptors (Lipinski definition) is 3. The van der Waals surface area contributed by atoms with Gasteiger partial charge in [0.2, 0.25) is 0 Å². The van der Waals surface area contributed by atoms with Gasteiger partial charge in [0.05, 0.1) is 17.4 Å². The van der Waals surface area contributed by atoms with Crippen LogP contribution in [0.4, 0.5) is 5.69 Å². The van der Waals surface area contributed by atoms with Gasteiger partial charge in [-0.15, -0.1) is 0 Å². The van der Waals surface area contributed by atoms with Crippen molar-refractivity contribution in [1.82, 2.24) is 15.1 Å². The Hall–Kier alpha value is -3.70. The van der Waals surface area contributed by atoms with Gasteiger partial charge < -0.3 is 10.6 Å². The van der Waals surface area contributed by atoms with E-state index in [2.05, 4.69) is 71.2 Å². The number of anilines is 1. The first kappa shape index (κ1) is 23.1. The molecule has 0 spiro atoms. The van der Waals surface area contributed by atoms with Crippen molar-refractivity contribution in [3.63, 3.8) is 0 Å². The normalized spacial score (nSPS) is 14.0. The van der Waals surface area contributed by atoms with Gasteiger partial charge >= 0.3 is 0 Å². The number of aromatic nitrogens is 2. The summed E-state index contributed by atoms with van der Waals surface area (Å²) in [6.07, 6.45) is 3.54. The van der Waals surface area contributed by atoms with E-state index in [1.54, 1.807) is 4.68 Å². The average Bonchev–Trinajstić information content (AvgIpc) is 3.63. The van der Waals surface area contributed by atoms with Gasteiger partial charge in [-0.3, -0.25) is 4.79 Å². The number of aryl methyl sites for hydroxylation is 2. The van der Waals surface area contributed by atoms with Crippen molar-refractivity contribution in [2.45, 2.75) is 39.2 Å². The molecular formula is C30H32N4O. The molecule has 1 aliphatic rings. The quantitative estimate of drug-likeness (QED) is 0.315. The van der Waals surface area contributed by atoms with Crippen molar-refractivity contribution >= 4 is 11.6 Å². The Morgan fingerprint density at radius 1 is 0.971 bits per heavy atom. The van der Waals surface area contributed by atoms with Crippen LogP contribution in [0.1, 0.15) is 58.7 Å². The fourth-order valence-electron chi connectivity index (χ4n) is 4.44. The Bertz CT molecular complexity index is 1310. The molecule has 1 fully saturated rings. The molecule has 1 atom stereocenters. The zero-order valence-electron chi connectivity index (χ0n) is 20.4. The lowest BCUT2D eigenvalue weighted by Gasteiger charge is -2.21. The lowest BCUT2D eigenvalue weighted by Crippen LogP contribution is -2.25. The molecule has 1 amide bonds. The summed E-state index contributed by atoms with van der Waals surface area (Å²) in [6.45, 7) is 5.04. The average molecular weight is 465 g/mol. The van der Waals surface area contributed by atoms with Crippen LogP contribution in [-0.4, -0.2) is 22.2 Å². The van der Waals surface area contributed by atoms with Crippen LogP contribution < -0.4 is 10.6 Å². The van der Waals surface area contributed by atoms with Crippen LogP contribution in [-0.2, 0) is 6.42 Å². The Morgan fingerprint density at radius 3 is 2.51 bits per heavy atom. The van der Waals surface area contributed by atoms with Gasteiger partial charge in [-0.1, -0.05) is 61.5 Å². The summed E-state index contributed by atoms with van der Waals surface area (Å²) in [6, 6.07) is 28.7. The highest BCUT2D eigenvalue weighted by atomic mass is 16.2. The zero-order chi connectivity index (χ0) is 24.2. The molecule has 5 heteroatoms. The van der Waals surface area contributed by atoms with Gasteiger partial charge in [-0.25, -0.2) is 4.68 Å². The van der Waals surface area contributed by atoms with Crippen molar-refractivity contribution in [2.75, 3.05) is 11.9 Å². The molecule has 1 saturated carbocycles. The minimum absolute atomic E-state index is 0.0817. The summed E-state index contributed by atoms with van der Waals surface area (Å²) in [5.74, 6) is 0.602. The molecule has 1 aromatic heterocycles. The van der Waals surface area contributed by atoms with Gasteiger partial charge in [0.25, 0.3) is 5.91 Å². The molecule has 5 rings (SSSR count). The van der Waals surface area contributed by atoms with Crippen molar-refractivity contribution < 1.29 is 4.79 Å². The maximum atomic E-state index is 13.4. The summed E-state index contributed by atoms with van der Waals surface area (Å²) in [5, 5.41) is 11.4. The number of carbonyl (C=O) groups excluding carboxylic acids is 1. The number of nitrogens with zero attached hydrogens (tertiary/aromatic N) is 2. The van der Waals surface area contributed by atoms with Crippen molar-refractivity contribution in [2.24, 2.45) is 5.92 Å². The number of amides is 1. The van der Waals surface area contributed by atoms with Crippen LogP contribution in [0.5, 0.6) is 0 Å². The molecule has 0 bridgehead atoms. The van der Waals surface area contributed by atoms with Crippen LogP contribution in [0.15, 0.2) is 84.9 Å². The summed E-state index contributed by atoms with van der Waals surface area (Å²) in [5.41, 5.74) is 6.56. The third kappa shape index (κ3) is 5.52. The third-order valence-electron chi connectivity index (χ3n) is 6.55.